The highest BCUT2D eigenvalue weighted by atomic mass is 35.5. The number of pyridine rings is 1. The van der Waals surface area contributed by atoms with E-state index in [9.17, 15) is 4.79 Å². The molecule has 1 saturated heterocycles. The molecule has 1 aliphatic carbocycles. The first kappa shape index (κ1) is 18.2. The molecule has 1 amide bonds. The molecule has 2 fully saturated rings. The Morgan fingerprint density at radius 3 is 2.92 bits per heavy atom. The van der Waals surface area contributed by atoms with Crippen molar-refractivity contribution >= 4 is 29.4 Å². The molecular formula is C18H25ClN4O2. The molecule has 2 aliphatic rings. The SMILES string of the molecule is O=C(/C=C/c1cnc(NC2CCN(CC3CCCC3)C2)c(Cl)c1)NO. The second kappa shape index (κ2) is 8.65. The highest BCUT2D eigenvalue weighted by Gasteiger charge is 2.26. The van der Waals surface area contributed by atoms with E-state index in [1.165, 1.54) is 38.3 Å². The average molecular weight is 365 g/mol. The molecule has 3 rings (SSSR count). The summed E-state index contributed by atoms with van der Waals surface area (Å²) in [7, 11) is 0. The van der Waals surface area contributed by atoms with Crippen LogP contribution in [-0.4, -0.2) is 46.7 Å². The summed E-state index contributed by atoms with van der Waals surface area (Å²) in [6.07, 6.45) is 11.1. The number of aromatic nitrogens is 1. The number of amides is 1. The van der Waals surface area contributed by atoms with Gasteiger partial charge >= 0.3 is 0 Å². The van der Waals surface area contributed by atoms with Crippen molar-refractivity contribution in [1.82, 2.24) is 15.4 Å². The maximum absolute atomic E-state index is 11.0. The Morgan fingerprint density at radius 2 is 2.20 bits per heavy atom. The Kier molecular flexibility index (Phi) is 6.29. The summed E-state index contributed by atoms with van der Waals surface area (Å²) in [5.41, 5.74) is 2.25. The number of nitrogens with one attached hydrogen (secondary N) is 2. The minimum atomic E-state index is -0.591. The third-order valence-corrected chi connectivity index (χ3v) is 5.29. The molecule has 1 atom stereocenters. The first-order valence-corrected chi connectivity index (χ1v) is 9.28. The third kappa shape index (κ3) is 5.17. The van der Waals surface area contributed by atoms with Gasteiger partial charge in [-0.25, -0.2) is 10.5 Å². The minimum absolute atomic E-state index is 0.368. The van der Waals surface area contributed by atoms with Gasteiger partial charge in [0.15, 0.2) is 0 Å². The number of halogens is 1. The van der Waals surface area contributed by atoms with Crippen LogP contribution in [0.1, 0.15) is 37.7 Å². The van der Waals surface area contributed by atoms with Crippen molar-refractivity contribution < 1.29 is 10.0 Å². The summed E-state index contributed by atoms with van der Waals surface area (Å²) >= 11 is 6.31. The fourth-order valence-electron chi connectivity index (χ4n) is 3.73. The molecule has 0 aromatic carbocycles. The predicted molar refractivity (Wildman–Crippen MR) is 98.6 cm³/mol. The molecule has 3 N–H and O–H groups in total. The van der Waals surface area contributed by atoms with Crippen molar-refractivity contribution in [3.8, 4) is 0 Å². The van der Waals surface area contributed by atoms with Gasteiger partial charge in [-0.15, -0.1) is 0 Å². The smallest absolute Gasteiger partial charge is 0.267 e. The number of carbonyl (C=O) groups is 1. The van der Waals surface area contributed by atoms with Crippen LogP contribution in [0.25, 0.3) is 6.08 Å². The van der Waals surface area contributed by atoms with Crippen LogP contribution in [0.15, 0.2) is 18.3 Å². The summed E-state index contributed by atoms with van der Waals surface area (Å²) in [4.78, 5) is 17.9. The molecule has 6 nitrogen and oxygen atoms in total. The maximum atomic E-state index is 11.0. The van der Waals surface area contributed by atoms with E-state index >= 15 is 0 Å². The monoisotopic (exact) mass is 364 g/mol. The first-order valence-electron chi connectivity index (χ1n) is 8.90. The van der Waals surface area contributed by atoms with Crippen LogP contribution in [0, 0.1) is 5.92 Å². The summed E-state index contributed by atoms with van der Waals surface area (Å²) in [6.45, 7) is 3.38. The van der Waals surface area contributed by atoms with Gasteiger partial charge in [-0.1, -0.05) is 24.4 Å². The lowest BCUT2D eigenvalue weighted by molar-refractivity contribution is -0.124. The lowest BCUT2D eigenvalue weighted by atomic mass is 10.1. The largest absolute Gasteiger partial charge is 0.365 e. The van der Waals surface area contributed by atoms with Crippen LogP contribution in [0.5, 0.6) is 0 Å². The fourth-order valence-corrected chi connectivity index (χ4v) is 3.96. The van der Waals surface area contributed by atoms with Crippen LogP contribution in [0.3, 0.4) is 0 Å². The number of likely N-dealkylation sites (tertiary alicyclic amines) is 1. The van der Waals surface area contributed by atoms with E-state index in [-0.39, 0.29) is 0 Å². The van der Waals surface area contributed by atoms with Gasteiger partial charge in [-0.2, -0.15) is 0 Å². The molecule has 2 heterocycles. The zero-order chi connectivity index (χ0) is 17.6. The topological polar surface area (TPSA) is 77.5 Å². The van der Waals surface area contributed by atoms with Crippen LogP contribution in [0.4, 0.5) is 5.82 Å². The van der Waals surface area contributed by atoms with Crippen LogP contribution < -0.4 is 10.8 Å². The number of nitrogens with zero attached hydrogens (tertiary/aromatic N) is 2. The summed E-state index contributed by atoms with van der Waals surface area (Å²) in [6, 6.07) is 2.12. The average Bonchev–Trinajstić information content (AvgIpc) is 3.27. The Morgan fingerprint density at radius 1 is 1.40 bits per heavy atom. The Balaban J connectivity index is 1.52. The van der Waals surface area contributed by atoms with Gasteiger partial charge in [0.05, 0.1) is 5.02 Å². The number of hydrogen-bond donors (Lipinski definition) is 3. The van der Waals surface area contributed by atoms with Gasteiger partial charge in [0.1, 0.15) is 5.82 Å². The van der Waals surface area contributed by atoms with E-state index in [0.717, 1.165) is 25.4 Å². The first-order chi connectivity index (χ1) is 12.1. The van der Waals surface area contributed by atoms with E-state index in [4.69, 9.17) is 16.8 Å². The van der Waals surface area contributed by atoms with E-state index in [1.807, 2.05) is 0 Å². The van der Waals surface area contributed by atoms with Crippen molar-refractivity contribution in [2.45, 2.75) is 38.1 Å². The summed E-state index contributed by atoms with van der Waals surface area (Å²) in [5, 5.41) is 12.4. The molecule has 0 radical (unpaired) electrons. The van der Waals surface area contributed by atoms with Gasteiger partial charge < -0.3 is 10.2 Å². The molecule has 7 heteroatoms. The van der Waals surface area contributed by atoms with Crippen molar-refractivity contribution in [3.63, 3.8) is 0 Å². The van der Waals surface area contributed by atoms with Gasteiger partial charge in [0, 0.05) is 37.9 Å². The highest BCUT2D eigenvalue weighted by molar-refractivity contribution is 6.33. The van der Waals surface area contributed by atoms with E-state index < -0.39 is 5.91 Å². The van der Waals surface area contributed by atoms with Crippen LogP contribution in [-0.2, 0) is 4.79 Å². The van der Waals surface area contributed by atoms with E-state index in [2.05, 4.69) is 15.2 Å². The molecule has 0 bridgehead atoms. The van der Waals surface area contributed by atoms with Gasteiger partial charge in [-0.05, 0) is 42.9 Å². The van der Waals surface area contributed by atoms with Crippen molar-refractivity contribution in [1.29, 1.82) is 0 Å². The number of anilines is 1. The molecule has 1 saturated carbocycles. The summed E-state index contributed by atoms with van der Waals surface area (Å²) in [5.74, 6) is 0.965. The number of rotatable bonds is 6. The molecule has 1 unspecified atom stereocenters. The normalized spacial score (nSPS) is 21.9. The molecule has 0 spiro atoms. The lowest BCUT2D eigenvalue weighted by Crippen LogP contribution is -2.30. The zero-order valence-electron chi connectivity index (χ0n) is 14.2. The quantitative estimate of drug-likeness (QED) is 0.411. The second-order valence-electron chi connectivity index (χ2n) is 6.95. The third-order valence-electron chi connectivity index (χ3n) is 5.00. The molecule has 25 heavy (non-hydrogen) atoms. The van der Waals surface area contributed by atoms with E-state index in [1.54, 1.807) is 23.8 Å². The molecular weight excluding hydrogens is 340 g/mol. The Hall–Kier alpha value is -1.63. The molecule has 1 aromatic rings. The number of hydroxylamine groups is 1. The van der Waals surface area contributed by atoms with Crippen LogP contribution in [0.2, 0.25) is 5.02 Å². The van der Waals surface area contributed by atoms with Crippen molar-refractivity contribution in [2.75, 3.05) is 25.0 Å². The van der Waals surface area contributed by atoms with Crippen molar-refractivity contribution in [2.24, 2.45) is 5.92 Å². The molecule has 1 aromatic heterocycles. The maximum Gasteiger partial charge on any atom is 0.267 e. The highest BCUT2D eigenvalue weighted by Crippen LogP contribution is 2.28. The van der Waals surface area contributed by atoms with Crippen molar-refractivity contribution in [3.05, 3.63) is 28.9 Å². The number of carbonyl (C=O) groups excluding carboxylic acids is 1. The summed E-state index contributed by atoms with van der Waals surface area (Å²) < 4.78 is 0. The molecule has 1 aliphatic heterocycles. The van der Waals surface area contributed by atoms with Gasteiger partial charge in [-0.3, -0.25) is 10.0 Å². The predicted octanol–water partition coefficient (Wildman–Crippen LogP) is 2.93. The van der Waals surface area contributed by atoms with E-state index in [0.29, 0.717) is 22.4 Å². The van der Waals surface area contributed by atoms with Crippen LogP contribution >= 0.6 is 11.6 Å². The van der Waals surface area contributed by atoms with Gasteiger partial charge in [0.25, 0.3) is 5.91 Å². The minimum Gasteiger partial charge on any atom is -0.365 e. The standard InChI is InChI=1S/C18H25ClN4O2/c19-16-9-14(5-6-17(24)22-25)10-20-18(16)21-15-7-8-23(12-15)11-13-3-1-2-4-13/h5-6,9-10,13,15,25H,1-4,7-8,11-12H2,(H,20,21)(H,22,24)/b6-5+. The second-order valence-corrected chi connectivity index (χ2v) is 7.36. The fraction of sp³-hybridized carbons (Fsp3) is 0.556. The Bertz CT molecular complexity index is 632. The lowest BCUT2D eigenvalue weighted by Gasteiger charge is -2.20. The van der Waals surface area contributed by atoms with Gasteiger partial charge in [0.2, 0.25) is 0 Å². The molecule has 136 valence electrons. The zero-order valence-corrected chi connectivity index (χ0v) is 15.0. The Labute approximate surface area is 153 Å². The number of hydrogen-bond acceptors (Lipinski definition) is 5.